The number of ether oxygens (including phenoxy) is 2. The number of pyridine rings is 1. The fourth-order valence-electron chi connectivity index (χ4n) is 2.53. The molecule has 6 heteroatoms. The highest BCUT2D eigenvalue weighted by Gasteiger charge is 2.11. The summed E-state index contributed by atoms with van der Waals surface area (Å²) >= 11 is 0. The molecule has 0 saturated carbocycles. The zero-order valence-corrected chi connectivity index (χ0v) is 12.2. The maximum Gasteiger partial charge on any atom is 0.179 e. The van der Waals surface area contributed by atoms with Gasteiger partial charge in [-0.2, -0.15) is 0 Å². The predicted octanol–water partition coefficient (Wildman–Crippen LogP) is 0.546. The highest BCUT2D eigenvalue weighted by Crippen LogP contribution is 2.19. The molecule has 1 fully saturated rings. The summed E-state index contributed by atoms with van der Waals surface area (Å²) in [4.78, 5) is 6.95. The highest BCUT2D eigenvalue weighted by atomic mass is 16.5. The molecule has 0 radical (unpaired) electrons. The van der Waals surface area contributed by atoms with Crippen LogP contribution in [0.25, 0.3) is 5.65 Å². The molecule has 0 aliphatic carbocycles. The molecule has 1 saturated heterocycles. The van der Waals surface area contributed by atoms with Gasteiger partial charge in [0.25, 0.3) is 0 Å². The van der Waals surface area contributed by atoms with Gasteiger partial charge in [0.1, 0.15) is 6.61 Å². The Bertz CT molecular complexity index is 578. The third kappa shape index (κ3) is 3.53. The maximum atomic E-state index is 5.92. The smallest absolute Gasteiger partial charge is 0.179 e. The summed E-state index contributed by atoms with van der Waals surface area (Å²) in [6.07, 6.45) is 4.78. The minimum atomic E-state index is 0.608. The van der Waals surface area contributed by atoms with Crippen LogP contribution in [-0.2, 0) is 11.2 Å². The van der Waals surface area contributed by atoms with Crippen LogP contribution in [0.2, 0.25) is 0 Å². The summed E-state index contributed by atoms with van der Waals surface area (Å²) in [5.74, 6) is 0.828. The average molecular weight is 290 g/mol. The van der Waals surface area contributed by atoms with Crippen molar-refractivity contribution in [1.82, 2.24) is 14.3 Å². The van der Waals surface area contributed by atoms with Crippen molar-refractivity contribution in [3.63, 3.8) is 0 Å². The molecule has 0 unspecified atom stereocenters. The number of imidazole rings is 1. The van der Waals surface area contributed by atoms with Crippen LogP contribution in [0.1, 0.15) is 5.69 Å². The van der Waals surface area contributed by atoms with Gasteiger partial charge in [-0.1, -0.05) is 0 Å². The Balaban J connectivity index is 1.62. The molecule has 2 N–H and O–H groups in total. The minimum absolute atomic E-state index is 0.608. The van der Waals surface area contributed by atoms with E-state index in [2.05, 4.69) is 9.88 Å². The molecule has 2 aromatic heterocycles. The fourth-order valence-corrected chi connectivity index (χ4v) is 2.53. The Kier molecular flexibility index (Phi) is 4.69. The van der Waals surface area contributed by atoms with Crippen molar-refractivity contribution in [1.29, 1.82) is 0 Å². The minimum Gasteiger partial charge on any atom is -0.488 e. The number of hydrogen-bond donors (Lipinski definition) is 1. The number of morpholine rings is 1. The molecule has 0 amide bonds. The van der Waals surface area contributed by atoms with Crippen molar-refractivity contribution in [2.24, 2.45) is 5.73 Å². The van der Waals surface area contributed by atoms with E-state index in [1.807, 2.05) is 28.9 Å². The van der Waals surface area contributed by atoms with Crippen molar-refractivity contribution in [3.05, 3.63) is 30.2 Å². The standard InChI is InChI=1S/C15H22N4O2/c16-4-3-13-12-19-5-1-2-14(15(19)17-13)21-11-8-18-6-9-20-10-7-18/h1-2,5,12H,3-4,6-11,16H2. The molecule has 1 aliphatic heterocycles. The van der Waals surface area contributed by atoms with E-state index < -0.39 is 0 Å². The first-order chi connectivity index (χ1) is 10.4. The SMILES string of the molecule is NCCc1cn2cccc(OCCN3CCOCC3)c2n1. The van der Waals surface area contributed by atoms with Gasteiger partial charge in [-0.15, -0.1) is 0 Å². The molecule has 21 heavy (non-hydrogen) atoms. The fraction of sp³-hybridized carbons (Fsp3) is 0.533. The molecule has 114 valence electrons. The summed E-state index contributed by atoms with van der Waals surface area (Å²) in [6.45, 7) is 5.79. The first-order valence-corrected chi connectivity index (χ1v) is 7.46. The summed E-state index contributed by atoms with van der Waals surface area (Å²) in [6, 6.07) is 3.94. The Labute approximate surface area is 124 Å². The third-order valence-corrected chi connectivity index (χ3v) is 3.67. The van der Waals surface area contributed by atoms with E-state index in [9.17, 15) is 0 Å². The molecular formula is C15H22N4O2. The summed E-state index contributed by atoms with van der Waals surface area (Å²) < 4.78 is 13.3. The van der Waals surface area contributed by atoms with Gasteiger partial charge >= 0.3 is 0 Å². The summed E-state index contributed by atoms with van der Waals surface area (Å²) in [5.41, 5.74) is 7.45. The van der Waals surface area contributed by atoms with Crippen LogP contribution in [0, 0.1) is 0 Å². The van der Waals surface area contributed by atoms with Crippen LogP contribution >= 0.6 is 0 Å². The Morgan fingerprint density at radius 1 is 1.33 bits per heavy atom. The predicted molar refractivity (Wildman–Crippen MR) is 80.7 cm³/mol. The van der Waals surface area contributed by atoms with Crippen LogP contribution in [0.3, 0.4) is 0 Å². The van der Waals surface area contributed by atoms with E-state index in [-0.39, 0.29) is 0 Å². The molecule has 2 aromatic rings. The van der Waals surface area contributed by atoms with Gasteiger partial charge in [0.05, 0.1) is 18.9 Å². The van der Waals surface area contributed by atoms with E-state index in [0.717, 1.165) is 56.4 Å². The van der Waals surface area contributed by atoms with Gasteiger partial charge in [0, 0.05) is 38.4 Å². The largest absolute Gasteiger partial charge is 0.488 e. The van der Waals surface area contributed by atoms with Crippen molar-refractivity contribution in [2.45, 2.75) is 6.42 Å². The number of nitrogens with two attached hydrogens (primary N) is 1. The van der Waals surface area contributed by atoms with Crippen molar-refractivity contribution < 1.29 is 9.47 Å². The second-order valence-electron chi connectivity index (χ2n) is 5.18. The molecule has 3 heterocycles. The van der Waals surface area contributed by atoms with Gasteiger partial charge in [-0.05, 0) is 18.7 Å². The number of aromatic nitrogens is 2. The normalized spacial score (nSPS) is 16.4. The number of rotatable bonds is 6. The Morgan fingerprint density at radius 2 is 2.19 bits per heavy atom. The second-order valence-corrected chi connectivity index (χ2v) is 5.18. The van der Waals surface area contributed by atoms with Gasteiger partial charge in [0.15, 0.2) is 11.4 Å². The van der Waals surface area contributed by atoms with Crippen LogP contribution in [0.5, 0.6) is 5.75 Å². The van der Waals surface area contributed by atoms with Crippen LogP contribution in [-0.4, -0.2) is 60.3 Å². The monoisotopic (exact) mass is 290 g/mol. The summed E-state index contributed by atoms with van der Waals surface area (Å²) in [7, 11) is 0. The molecule has 1 aliphatic rings. The van der Waals surface area contributed by atoms with Crippen LogP contribution in [0.15, 0.2) is 24.5 Å². The third-order valence-electron chi connectivity index (χ3n) is 3.67. The van der Waals surface area contributed by atoms with Crippen LogP contribution < -0.4 is 10.5 Å². The van der Waals surface area contributed by atoms with Crippen molar-refractivity contribution >= 4 is 5.65 Å². The lowest BCUT2D eigenvalue weighted by atomic mass is 10.3. The topological polar surface area (TPSA) is 65.0 Å². The number of fused-ring (bicyclic) bond motifs is 1. The highest BCUT2D eigenvalue weighted by molar-refractivity contribution is 5.54. The van der Waals surface area contributed by atoms with E-state index in [1.54, 1.807) is 0 Å². The van der Waals surface area contributed by atoms with E-state index in [4.69, 9.17) is 15.2 Å². The Hall–Kier alpha value is -1.63. The number of nitrogens with zero attached hydrogens (tertiary/aromatic N) is 3. The molecule has 0 spiro atoms. The van der Waals surface area contributed by atoms with Gasteiger partial charge in [-0.3, -0.25) is 4.90 Å². The van der Waals surface area contributed by atoms with E-state index >= 15 is 0 Å². The van der Waals surface area contributed by atoms with Crippen molar-refractivity contribution in [3.8, 4) is 5.75 Å². The lowest BCUT2D eigenvalue weighted by molar-refractivity contribution is 0.0323. The number of hydrogen-bond acceptors (Lipinski definition) is 5. The lowest BCUT2D eigenvalue weighted by Gasteiger charge is -2.26. The maximum absolute atomic E-state index is 5.92. The quantitative estimate of drug-likeness (QED) is 0.841. The molecule has 0 aromatic carbocycles. The summed E-state index contributed by atoms with van der Waals surface area (Å²) in [5, 5.41) is 0. The molecule has 6 nitrogen and oxygen atoms in total. The van der Waals surface area contributed by atoms with Crippen LogP contribution in [0.4, 0.5) is 0 Å². The molecular weight excluding hydrogens is 268 g/mol. The van der Waals surface area contributed by atoms with Gasteiger partial charge in [0.2, 0.25) is 0 Å². The first-order valence-electron chi connectivity index (χ1n) is 7.46. The molecule has 0 atom stereocenters. The Morgan fingerprint density at radius 3 is 3.00 bits per heavy atom. The zero-order chi connectivity index (χ0) is 14.5. The van der Waals surface area contributed by atoms with E-state index in [1.165, 1.54) is 0 Å². The second kappa shape index (κ2) is 6.89. The average Bonchev–Trinajstić information content (AvgIpc) is 2.92. The zero-order valence-electron chi connectivity index (χ0n) is 12.2. The van der Waals surface area contributed by atoms with Crippen molar-refractivity contribution in [2.75, 3.05) is 46.0 Å². The molecule has 0 bridgehead atoms. The van der Waals surface area contributed by atoms with E-state index in [0.29, 0.717) is 13.2 Å². The van der Waals surface area contributed by atoms with Gasteiger partial charge < -0.3 is 19.6 Å². The van der Waals surface area contributed by atoms with Gasteiger partial charge in [-0.25, -0.2) is 4.98 Å². The first kappa shape index (κ1) is 14.3. The lowest BCUT2D eigenvalue weighted by Crippen LogP contribution is -2.38. The molecule has 3 rings (SSSR count).